The van der Waals surface area contributed by atoms with Gasteiger partial charge in [0.1, 0.15) is 0 Å². The molecule has 2 heteroatoms. The molecule has 0 unspecified atom stereocenters. The molecule has 1 aliphatic heterocycles. The molecule has 0 aliphatic carbocycles. The van der Waals surface area contributed by atoms with Crippen LogP contribution in [0, 0.1) is 27.7 Å². The summed E-state index contributed by atoms with van der Waals surface area (Å²) in [6.45, 7) is 8.50. The molecule has 114 valence electrons. The summed E-state index contributed by atoms with van der Waals surface area (Å²) in [6, 6.07) is 13.2. The number of aryl methyl sites for hydroxylation is 4. The predicted molar refractivity (Wildman–Crippen MR) is 94.2 cm³/mol. The van der Waals surface area contributed by atoms with E-state index in [0.717, 1.165) is 12.8 Å². The van der Waals surface area contributed by atoms with E-state index in [2.05, 4.69) is 64.1 Å². The van der Waals surface area contributed by atoms with Crippen LogP contribution in [0.25, 0.3) is 0 Å². The molecule has 0 radical (unpaired) electrons. The maximum atomic E-state index is 13.1. The van der Waals surface area contributed by atoms with Crippen molar-refractivity contribution in [2.75, 3.05) is 0 Å². The van der Waals surface area contributed by atoms with Gasteiger partial charge in [-0.25, -0.2) is 0 Å². The van der Waals surface area contributed by atoms with Gasteiger partial charge in [-0.1, -0.05) is 63.2 Å². The van der Waals surface area contributed by atoms with Gasteiger partial charge >= 0.3 is 7.80 Å². The first-order valence-electron chi connectivity index (χ1n) is 8.06. The van der Waals surface area contributed by atoms with Gasteiger partial charge in [0.2, 0.25) is 0 Å². The van der Waals surface area contributed by atoms with Crippen molar-refractivity contribution in [3.8, 4) is 0 Å². The molecular formula is C20H24OP+. The Bertz CT molecular complexity index is 630. The minimum Gasteiger partial charge on any atom is -0.0734 e. The molecule has 0 aromatic heterocycles. The van der Waals surface area contributed by atoms with Gasteiger partial charge in [0.25, 0.3) is 0 Å². The Balaban J connectivity index is 1.91. The smallest absolute Gasteiger partial charge is 0.0734 e. The van der Waals surface area contributed by atoms with Gasteiger partial charge < -0.3 is 0 Å². The molecule has 2 atom stereocenters. The molecule has 3 rings (SSSR count). The minimum absolute atomic E-state index is 0.222. The molecule has 22 heavy (non-hydrogen) atoms. The van der Waals surface area contributed by atoms with Crippen molar-refractivity contribution in [3.63, 3.8) is 0 Å². The number of benzene rings is 2. The summed E-state index contributed by atoms with van der Waals surface area (Å²) in [7, 11) is -1.24. The van der Waals surface area contributed by atoms with Crippen LogP contribution >= 0.6 is 7.80 Å². The van der Waals surface area contributed by atoms with Crippen LogP contribution in [0.2, 0.25) is 0 Å². The maximum Gasteiger partial charge on any atom is 0.354 e. The fraction of sp³-hybridized carbons (Fsp3) is 0.400. The van der Waals surface area contributed by atoms with Gasteiger partial charge in [-0.2, -0.15) is 0 Å². The Hall–Kier alpha value is -1.46. The second-order valence-electron chi connectivity index (χ2n) is 6.81. The standard InChI is InChI=1S/C20H24OP/c1-13-7-14(2)10-17(9-13)19-5-6-20(22(19)21)18-11-15(3)8-16(4)12-18/h7-12,19-20H,5-6H2,1-4H3/q+1/t19-,20-/m0/s1. The van der Waals surface area contributed by atoms with Crippen LogP contribution < -0.4 is 0 Å². The van der Waals surface area contributed by atoms with E-state index in [1.807, 2.05) is 0 Å². The second-order valence-corrected chi connectivity index (χ2v) is 8.78. The SMILES string of the molecule is Cc1cc(C)cc([C@@H]2CC[C@@H](c3cc(C)cc(C)c3)[P+]2=O)c1. The van der Waals surface area contributed by atoms with Crippen molar-refractivity contribution >= 4 is 7.80 Å². The van der Waals surface area contributed by atoms with Crippen molar-refractivity contribution in [2.24, 2.45) is 0 Å². The Morgan fingerprint density at radius 2 is 1.00 bits per heavy atom. The number of rotatable bonds is 2. The molecule has 0 spiro atoms. The summed E-state index contributed by atoms with van der Waals surface area (Å²) in [4.78, 5) is 0. The molecule has 1 nitrogen and oxygen atoms in total. The van der Waals surface area contributed by atoms with Crippen LogP contribution in [-0.4, -0.2) is 0 Å². The molecule has 2 aromatic rings. The van der Waals surface area contributed by atoms with Gasteiger partial charge in [-0.3, -0.25) is 0 Å². The van der Waals surface area contributed by atoms with Gasteiger partial charge in [0.05, 0.1) is 0 Å². The van der Waals surface area contributed by atoms with Crippen molar-refractivity contribution in [3.05, 3.63) is 69.8 Å². The molecule has 1 fully saturated rings. The highest BCUT2D eigenvalue weighted by atomic mass is 31.1. The zero-order chi connectivity index (χ0) is 15.9. The highest BCUT2D eigenvalue weighted by Crippen LogP contribution is 2.63. The van der Waals surface area contributed by atoms with Crippen molar-refractivity contribution in [1.82, 2.24) is 0 Å². The molecule has 0 N–H and O–H groups in total. The molecule has 0 saturated carbocycles. The summed E-state index contributed by atoms with van der Waals surface area (Å²) in [6.07, 6.45) is 2.07. The predicted octanol–water partition coefficient (Wildman–Crippen LogP) is 6.32. The third-order valence-corrected chi connectivity index (χ3v) is 6.93. The average Bonchev–Trinajstić information content (AvgIpc) is 2.78. The van der Waals surface area contributed by atoms with E-state index in [0.29, 0.717) is 0 Å². The lowest BCUT2D eigenvalue weighted by Gasteiger charge is -2.07. The molecule has 1 aliphatic rings. The van der Waals surface area contributed by atoms with E-state index >= 15 is 0 Å². The van der Waals surface area contributed by atoms with E-state index < -0.39 is 7.80 Å². The van der Waals surface area contributed by atoms with Crippen molar-refractivity contribution in [2.45, 2.75) is 51.9 Å². The van der Waals surface area contributed by atoms with E-state index in [1.165, 1.54) is 33.4 Å². The monoisotopic (exact) mass is 311 g/mol. The van der Waals surface area contributed by atoms with Crippen LogP contribution in [0.4, 0.5) is 0 Å². The van der Waals surface area contributed by atoms with Gasteiger partial charge in [-0.05, 0) is 27.7 Å². The Labute approximate surface area is 134 Å². The van der Waals surface area contributed by atoms with Crippen LogP contribution in [-0.2, 0) is 4.57 Å². The van der Waals surface area contributed by atoms with E-state index in [-0.39, 0.29) is 11.3 Å². The Morgan fingerprint density at radius 1 is 0.682 bits per heavy atom. The summed E-state index contributed by atoms with van der Waals surface area (Å²) in [5.74, 6) is 0. The largest absolute Gasteiger partial charge is 0.354 e. The normalized spacial score (nSPS) is 21.4. The van der Waals surface area contributed by atoms with Crippen LogP contribution in [0.3, 0.4) is 0 Å². The lowest BCUT2D eigenvalue weighted by atomic mass is 9.99. The zero-order valence-electron chi connectivity index (χ0n) is 13.9. The first kappa shape index (κ1) is 15.4. The third-order valence-electron chi connectivity index (χ3n) is 4.59. The highest BCUT2D eigenvalue weighted by Gasteiger charge is 2.47. The lowest BCUT2D eigenvalue weighted by Crippen LogP contribution is -1.92. The summed E-state index contributed by atoms with van der Waals surface area (Å²) in [5.41, 5.74) is 8.07. The summed E-state index contributed by atoms with van der Waals surface area (Å²) < 4.78 is 13.1. The van der Waals surface area contributed by atoms with E-state index in [9.17, 15) is 4.57 Å². The lowest BCUT2D eigenvalue weighted by molar-refractivity contribution is 0.581. The highest BCUT2D eigenvalue weighted by molar-refractivity contribution is 7.46. The molecule has 0 bridgehead atoms. The zero-order valence-corrected chi connectivity index (χ0v) is 14.8. The fourth-order valence-corrected chi connectivity index (χ4v) is 5.95. The summed E-state index contributed by atoms with van der Waals surface area (Å²) >= 11 is 0. The average molecular weight is 311 g/mol. The summed E-state index contributed by atoms with van der Waals surface area (Å²) in [5, 5.41) is 0. The molecule has 1 heterocycles. The fourth-order valence-electron chi connectivity index (χ4n) is 3.82. The Kier molecular flexibility index (Phi) is 4.19. The number of hydrogen-bond donors (Lipinski definition) is 0. The van der Waals surface area contributed by atoms with Crippen molar-refractivity contribution < 1.29 is 4.57 Å². The quantitative estimate of drug-likeness (QED) is 0.593. The molecule has 1 saturated heterocycles. The van der Waals surface area contributed by atoms with Crippen molar-refractivity contribution in [1.29, 1.82) is 0 Å². The van der Waals surface area contributed by atoms with Gasteiger partial charge in [0.15, 0.2) is 11.3 Å². The first-order chi connectivity index (χ1) is 10.4. The van der Waals surface area contributed by atoms with Crippen LogP contribution in [0.5, 0.6) is 0 Å². The second kappa shape index (κ2) is 5.97. The molecule has 0 amide bonds. The van der Waals surface area contributed by atoms with Crippen LogP contribution in [0.15, 0.2) is 36.4 Å². The van der Waals surface area contributed by atoms with Crippen LogP contribution in [0.1, 0.15) is 57.5 Å². The van der Waals surface area contributed by atoms with Gasteiger partial charge in [0, 0.05) is 24.0 Å². The minimum atomic E-state index is -1.24. The topological polar surface area (TPSA) is 17.1 Å². The molecular weight excluding hydrogens is 287 g/mol. The van der Waals surface area contributed by atoms with E-state index in [4.69, 9.17) is 0 Å². The Morgan fingerprint density at radius 3 is 1.32 bits per heavy atom. The number of hydrogen-bond acceptors (Lipinski definition) is 1. The molecule has 2 aromatic carbocycles. The van der Waals surface area contributed by atoms with Gasteiger partial charge in [-0.15, -0.1) is 0 Å². The maximum absolute atomic E-state index is 13.1. The van der Waals surface area contributed by atoms with E-state index in [1.54, 1.807) is 0 Å². The third kappa shape index (κ3) is 3.01. The first-order valence-corrected chi connectivity index (χ1v) is 9.45.